The molecule has 1 atom stereocenters. The Labute approximate surface area is 206 Å². The molecule has 4 aromatic rings. The van der Waals surface area contributed by atoms with Gasteiger partial charge in [0.1, 0.15) is 5.58 Å². The number of rotatable bonds is 3. The molecule has 2 heterocycles. The number of ether oxygens (including phenoxy) is 1. The Morgan fingerprint density at radius 3 is 2.29 bits per heavy atom. The lowest BCUT2D eigenvalue weighted by atomic mass is 9.96. The maximum atomic E-state index is 13.8. The molecule has 35 heavy (non-hydrogen) atoms. The fraction of sp³-hybridized carbons (Fsp3) is 0.179. The van der Waals surface area contributed by atoms with Gasteiger partial charge in [0.2, 0.25) is 5.76 Å². The van der Waals surface area contributed by atoms with Crippen molar-refractivity contribution in [3.8, 4) is 0 Å². The second kappa shape index (κ2) is 8.40. The van der Waals surface area contributed by atoms with Gasteiger partial charge in [-0.3, -0.25) is 14.5 Å². The number of benzene rings is 3. The Balaban J connectivity index is 1.78. The van der Waals surface area contributed by atoms with Crippen LogP contribution >= 0.6 is 11.6 Å². The molecule has 1 aliphatic rings. The highest BCUT2D eigenvalue weighted by Crippen LogP contribution is 2.42. The van der Waals surface area contributed by atoms with Crippen molar-refractivity contribution in [3.05, 3.63) is 109 Å². The molecule has 0 radical (unpaired) electrons. The predicted molar refractivity (Wildman–Crippen MR) is 135 cm³/mol. The van der Waals surface area contributed by atoms with Crippen molar-refractivity contribution in [2.75, 3.05) is 12.0 Å². The van der Waals surface area contributed by atoms with Gasteiger partial charge in [0, 0.05) is 10.7 Å². The first-order chi connectivity index (χ1) is 16.7. The first kappa shape index (κ1) is 22.9. The molecular weight excluding hydrogens is 466 g/mol. The molecule has 0 bridgehead atoms. The molecule has 1 aromatic heterocycles. The van der Waals surface area contributed by atoms with Gasteiger partial charge in [-0.15, -0.1) is 0 Å². The van der Waals surface area contributed by atoms with Crippen LogP contribution < -0.4 is 10.3 Å². The number of methoxy groups -OCH3 is 1. The third-order valence-corrected chi connectivity index (χ3v) is 6.97. The SMILES string of the molecule is COC(=O)c1ccc(C2c3c(oc4cc(C)c(C)cc4c3=O)C(=O)N2c2ccc(C)c(Cl)c2)cc1. The zero-order chi connectivity index (χ0) is 25.0. The van der Waals surface area contributed by atoms with Crippen molar-refractivity contribution in [1.82, 2.24) is 0 Å². The van der Waals surface area contributed by atoms with Crippen LogP contribution in [-0.2, 0) is 4.74 Å². The number of halogens is 1. The number of amides is 1. The smallest absolute Gasteiger partial charge is 0.337 e. The lowest BCUT2D eigenvalue weighted by Crippen LogP contribution is -2.29. The van der Waals surface area contributed by atoms with E-state index in [1.165, 1.54) is 12.0 Å². The van der Waals surface area contributed by atoms with E-state index in [1.807, 2.05) is 26.8 Å². The summed E-state index contributed by atoms with van der Waals surface area (Å²) in [6.45, 7) is 5.73. The standard InChI is InChI=1S/C28H22ClNO5/c1-14-5-10-19(13-21(14)29)30-24(17-6-8-18(9-7-17)28(33)34-4)23-25(31)20-11-15(2)16(3)12-22(20)35-26(23)27(30)32/h5-13,24H,1-4H3. The van der Waals surface area contributed by atoms with Crippen molar-refractivity contribution in [1.29, 1.82) is 0 Å². The van der Waals surface area contributed by atoms with Crippen LogP contribution in [0.4, 0.5) is 5.69 Å². The van der Waals surface area contributed by atoms with Gasteiger partial charge in [-0.2, -0.15) is 0 Å². The van der Waals surface area contributed by atoms with Crippen LogP contribution in [-0.4, -0.2) is 19.0 Å². The van der Waals surface area contributed by atoms with E-state index in [1.54, 1.807) is 48.5 Å². The van der Waals surface area contributed by atoms with Gasteiger partial charge in [-0.1, -0.05) is 29.8 Å². The van der Waals surface area contributed by atoms with E-state index in [9.17, 15) is 14.4 Å². The number of carbonyl (C=O) groups is 2. The highest BCUT2D eigenvalue weighted by molar-refractivity contribution is 6.31. The van der Waals surface area contributed by atoms with Gasteiger partial charge in [0.05, 0.1) is 29.7 Å². The van der Waals surface area contributed by atoms with E-state index in [2.05, 4.69) is 0 Å². The van der Waals surface area contributed by atoms with Crippen LogP contribution in [0, 0.1) is 20.8 Å². The molecule has 1 aliphatic heterocycles. The molecule has 0 saturated carbocycles. The Morgan fingerprint density at radius 2 is 1.63 bits per heavy atom. The average Bonchev–Trinajstić information content (AvgIpc) is 3.14. The molecule has 5 rings (SSSR count). The summed E-state index contributed by atoms with van der Waals surface area (Å²) < 4.78 is 10.9. The van der Waals surface area contributed by atoms with Crippen LogP contribution in [0.2, 0.25) is 5.02 Å². The molecular formula is C28H22ClNO5. The Bertz CT molecular complexity index is 1590. The molecule has 6 nitrogen and oxygen atoms in total. The molecule has 3 aromatic carbocycles. The third-order valence-electron chi connectivity index (χ3n) is 6.57. The first-order valence-corrected chi connectivity index (χ1v) is 11.4. The van der Waals surface area contributed by atoms with E-state index in [-0.39, 0.29) is 16.8 Å². The van der Waals surface area contributed by atoms with Crippen molar-refractivity contribution in [2.24, 2.45) is 0 Å². The van der Waals surface area contributed by atoms with Crippen molar-refractivity contribution in [2.45, 2.75) is 26.8 Å². The monoisotopic (exact) mass is 487 g/mol. The van der Waals surface area contributed by atoms with E-state index >= 15 is 0 Å². The molecule has 0 saturated heterocycles. The molecule has 0 fully saturated rings. The number of nitrogens with zero attached hydrogens (tertiary/aromatic N) is 1. The van der Waals surface area contributed by atoms with Gasteiger partial charge in [-0.05, 0) is 79.4 Å². The Morgan fingerprint density at radius 1 is 0.943 bits per heavy atom. The molecule has 7 heteroatoms. The molecule has 0 N–H and O–H groups in total. The Kier molecular flexibility index (Phi) is 5.49. The van der Waals surface area contributed by atoms with E-state index < -0.39 is 17.9 Å². The van der Waals surface area contributed by atoms with Gasteiger partial charge >= 0.3 is 5.97 Å². The molecule has 1 amide bonds. The predicted octanol–water partition coefficient (Wildman–Crippen LogP) is 5.91. The summed E-state index contributed by atoms with van der Waals surface area (Å²) in [4.78, 5) is 41.0. The molecule has 176 valence electrons. The summed E-state index contributed by atoms with van der Waals surface area (Å²) in [5, 5.41) is 0.918. The zero-order valence-corrected chi connectivity index (χ0v) is 20.4. The van der Waals surface area contributed by atoms with Crippen LogP contribution in [0.3, 0.4) is 0 Å². The number of hydrogen-bond donors (Lipinski definition) is 0. The van der Waals surface area contributed by atoms with Crippen LogP contribution in [0.25, 0.3) is 11.0 Å². The molecule has 0 aliphatic carbocycles. The average molecular weight is 488 g/mol. The quantitative estimate of drug-likeness (QED) is 0.336. The highest BCUT2D eigenvalue weighted by Gasteiger charge is 2.43. The normalized spacial score (nSPS) is 14.9. The third kappa shape index (κ3) is 3.61. The number of hydrogen-bond acceptors (Lipinski definition) is 5. The summed E-state index contributed by atoms with van der Waals surface area (Å²) in [6.07, 6.45) is 0. The van der Waals surface area contributed by atoms with Gasteiger partial charge < -0.3 is 9.15 Å². The first-order valence-electron chi connectivity index (χ1n) is 11.1. The summed E-state index contributed by atoms with van der Waals surface area (Å²) in [5.74, 6) is -0.901. The van der Waals surface area contributed by atoms with Crippen molar-refractivity contribution >= 4 is 40.1 Å². The second-order valence-corrected chi connectivity index (χ2v) is 9.14. The summed E-state index contributed by atoms with van der Waals surface area (Å²) in [6, 6.07) is 14.8. The highest BCUT2D eigenvalue weighted by atomic mass is 35.5. The molecule has 0 spiro atoms. The van der Waals surface area contributed by atoms with Crippen molar-refractivity contribution < 1.29 is 18.7 Å². The topological polar surface area (TPSA) is 76.8 Å². The summed E-state index contributed by atoms with van der Waals surface area (Å²) >= 11 is 6.39. The number of carbonyl (C=O) groups excluding carboxylic acids is 2. The van der Waals surface area contributed by atoms with E-state index in [4.69, 9.17) is 20.8 Å². The molecule has 1 unspecified atom stereocenters. The van der Waals surface area contributed by atoms with Crippen LogP contribution in [0.15, 0.2) is 63.8 Å². The lowest BCUT2D eigenvalue weighted by molar-refractivity contribution is 0.0600. The fourth-order valence-electron chi connectivity index (χ4n) is 4.46. The maximum absolute atomic E-state index is 13.8. The minimum Gasteiger partial charge on any atom is -0.465 e. The number of aryl methyl sites for hydroxylation is 3. The Hall–Kier alpha value is -3.90. The minimum absolute atomic E-state index is 0.00416. The zero-order valence-electron chi connectivity index (χ0n) is 19.6. The van der Waals surface area contributed by atoms with Gasteiger partial charge in [-0.25, -0.2) is 4.79 Å². The number of fused-ring (bicyclic) bond motifs is 2. The minimum atomic E-state index is -0.759. The lowest BCUT2D eigenvalue weighted by Gasteiger charge is -2.25. The second-order valence-electron chi connectivity index (χ2n) is 8.73. The summed E-state index contributed by atoms with van der Waals surface area (Å²) in [7, 11) is 1.31. The summed E-state index contributed by atoms with van der Waals surface area (Å²) in [5.41, 5.74) is 4.69. The number of anilines is 1. The largest absolute Gasteiger partial charge is 0.465 e. The van der Waals surface area contributed by atoms with E-state index in [0.29, 0.717) is 32.8 Å². The van der Waals surface area contributed by atoms with Gasteiger partial charge in [0.25, 0.3) is 5.91 Å². The van der Waals surface area contributed by atoms with E-state index in [0.717, 1.165) is 16.7 Å². The van der Waals surface area contributed by atoms with Crippen LogP contribution in [0.5, 0.6) is 0 Å². The van der Waals surface area contributed by atoms with Crippen LogP contribution in [0.1, 0.15) is 54.8 Å². The fourth-order valence-corrected chi connectivity index (χ4v) is 4.64. The van der Waals surface area contributed by atoms with Gasteiger partial charge in [0.15, 0.2) is 5.43 Å². The van der Waals surface area contributed by atoms with Crippen molar-refractivity contribution in [3.63, 3.8) is 0 Å². The number of esters is 1. The maximum Gasteiger partial charge on any atom is 0.337 e.